The van der Waals surface area contributed by atoms with Gasteiger partial charge in [0.05, 0.1) is 5.92 Å². The second kappa shape index (κ2) is 5.56. The van der Waals surface area contributed by atoms with E-state index in [0.717, 1.165) is 12.1 Å². The van der Waals surface area contributed by atoms with E-state index < -0.39 is 29.6 Å². The van der Waals surface area contributed by atoms with E-state index in [2.05, 4.69) is 0 Å². The normalized spacial score (nSPS) is 20.2. The first-order chi connectivity index (χ1) is 9.40. The first-order valence-electron chi connectivity index (χ1n) is 6.36. The predicted octanol–water partition coefficient (Wildman–Crippen LogP) is 2.18. The van der Waals surface area contributed by atoms with Gasteiger partial charge in [0, 0.05) is 19.0 Å². The summed E-state index contributed by atoms with van der Waals surface area (Å²) in [6.45, 7) is 1.64. The number of nitrogens with zero attached hydrogens (tertiary/aromatic N) is 1. The van der Waals surface area contributed by atoms with Gasteiger partial charge in [0.1, 0.15) is 0 Å². The number of hydrogen-bond donors (Lipinski definition) is 1. The number of aliphatic carboxylic acids is 1. The van der Waals surface area contributed by atoms with Gasteiger partial charge in [-0.1, -0.05) is 6.07 Å². The molecule has 1 aliphatic rings. The number of amides is 1. The van der Waals surface area contributed by atoms with Crippen molar-refractivity contribution in [2.24, 2.45) is 5.92 Å². The van der Waals surface area contributed by atoms with Gasteiger partial charge in [0.15, 0.2) is 11.6 Å². The Morgan fingerprint density at radius 3 is 2.75 bits per heavy atom. The number of carboxylic acids is 1. The number of benzene rings is 1. The number of carboxylic acid groups (broad SMARTS) is 1. The van der Waals surface area contributed by atoms with Gasteiger partial charge in [-0.2, -0.15) is 0 Å². The zero-order valence-electron chi connectivity index (χ0n) is 11.0. The minimum atomic E-state index is -0.975. The van der Waals surface area contributed by atoms with E-state index in [0.29, 0.717) is 12.0 Å². The third-order valence-corrected chi connectivity index (χ3v) is 3.68. The first kappa shape index (κ1) is 14.4. The van der Waals surface area contributed by atoms with E-state index in [4.69, 9.17) is 5.11 Å². The monoisotopic (exact) mass is 283 g/mol. The molecule has 0 aliphatic carbocycles. The quantitative estimate of drug-likeness (QED) is 0.921. The third-order valence-electron chi connectivity index (χ3n) is 3.68. The highest BCUT2D eigenvalue weighted by Gasteiger charge is 2.37. The minimum Gasteiger partial charge on any atom is -0.481 e. The molecule has 1 fully saturated rings. The molecule has 2 atom stereocenters. The SMILES string of the molecule is CC(C(=O)O)C1CCC(=O)N1Cc1ccc(F)c(F)c1. The van der Waals surface area contributed by atoms with Crippen LogP contribution in [0.4, 0.5) is 8.78 Å². The Labute approximate surface area is 115 Å². The van der Waals surface area contributed by atoms with E-state index in [1.807, 2.05) is 0 Å². The van der Waals surface area contributed by atoms with Crippen molar-refractivity contribution in [3.05, 3.63) is 35.4 Å². The van der Waals surface area contributed by atoms with Gasteiger partial charge in [-0.25, -0.2) is 8.78 Å². The molecule has 0 bridgehead atoms. The van der Waals surface area contributed by atoms with Crippen LogP contribution >= 0.6 is 0 Å². The van der Waals surface area contributed by atoms with Crippen LogP contribution in [-0.2, 0) is 16.1 Å². The second-order valence-electron chi connectivity index (χ2n) is 5.00. The molecular weight excluding hydrogens is 268 g/mol. The largest absolute Gasteiger partial charge is 0.481 e. The van der Waals surface area contributed by atoms with Crippen LogP contribution in [0.25, 0.3) is 0 Å². The maximum absolute atomic E-state index is 13.2. The topological polar surface area (TPSA) is 57.6 Å². The summed E-state index contributed by atoms with van der Waals surface area (Å²) >= 11 is 0. The number of likely N-dealkylation sites (tertiary alicyclic amines) is 1. The van der Waals surface area contributed by atoms with Gasteiger partial charge in [-0.05, 0) is 31.0 Å². The average molecular weight is 283 g/mol. The highest BCUT2D eigenvalue weighted by atomic mass is 19.2. The molecule has 1 aromatic carbocycles. The van der Waals surface area contributed by atoms with Crippen LogP contribution in [-0.4, -0.2) is 27.9 Å². The average Bonchev–Trinajstić information content (AvgIpc) is 2.74. The smallest absolute Gasteiger partial charge is 0.308 e. The van der Waals surface area contributed by atoms with Gasteiger partial charge >= 0.3 is 5.97 Å². The summed E-state index contributed by atoms with van der Waals surface area (Å²) in [5.74, 6) is -3.74. The van der Waals surface area contributed by atoms with Gasteiger partial charge in [-0.3, -0.25) is 9.59 Å². The summed E-state index contributed by atoms with van der Waals surface area (Å²) in [6.07, 6.45) is 0.752. The predicted molar refractivity (Wildman–Crippen MR) is 66.7 cm³/mol. The number of rotatable bonds is 4. The number of carbonyl (C=O) groups excluding carboxylic acids is 1. The highest BCUT2D eigenvalue weighted by molar-refractivity contribution is 5.80. The molecule has 6 heteroatoms. The number of hydrogen-bond acceptors (Lipinski definition) is 2. The highest BCUT2D eigenvalue weighted by Crippen LogP contribution is 2.27. The molecule has 1 heterocycles. The number of halogens is 2. The van der Waals surface area contributed by atoms with Crippen LogP contribution in [0, 0.1) is 17.6 Å². The van der Waals surface area contributed by atoms with Crippen molar-refractivity contribution in [2.75, 3.05) is 0 Å². The molecule has 1 N–H and O–H groups in total. The second-order valence-corrected chi connectivity index (χ2v) is 5.00. The van der Waals surface area contributed by atoms with Crippen LogP contribution in [0.3, 0.4) is 0 Å². The lowest BCUT2D eigenvalue weighted by atomic mass is 9.99. The van der Waals surface area contributed by atoms with E-state index in [-0.39, 0.29) is 18.9 Å². The molecular formula is C14H15F2NO3. The van der Waals surface area contributed by atoms with E-state index in [9.17, 15) is 18.4 Å². The molecule has 4 nitrogen and oxygen atoms in total. The van der Waals surface area contributed by atoms with Crippen LogP contribution in [0.15, 0.2) is 18.2 Å². The van der Waals surface area contributed by atoms with Crippen molar-refractivity contribution in [3.8, 4) is 0 Å². The summed E-state index contributed by atoms with van der Waals surface area (Å²) < 4.78 is 26.0. The molecule has 1 amide bonds. The molecule has 0 saturated carbocycles. The fourth-order valence-electron chi connectivity index (χ4n) is 2.48. The van der Waals surface area contributed by atoms with Crippen molar-refractivity contribution in [1.29, 1.82) is 0 Å². The fourth-order valence-corrected chi connectivity index (χ4v) is 2.48. The molecule has 0 radical (unpaired) electrons. The Hall–Kier alpha value is -1.98. The Bertz CT molecular complexity index is 547. The molecule has 1 saturated heterocycles. The fraction of sp³-hybridized carbons (Fsp3) is 0.429. The number of carbonyl (C=O) groups is 2. The zero-order chi connectivity index (χ0) is 14.9. The van der Waals surface area contributed by atoms with Crippen molar-refractivity contribution in [1.82, 2.24) is 4.90 Å². The lowest BCUT2D eigenvalue weighted by Gasteiger charge is -2.27. The molecule has 0 spiro atoms. The van der Waals surface area contributed by atoms with Crippen molar-refractivity contribution in [2.45, 2.75) is 32.4 Å². The lowest BCUT2D eigenvalue weighted by Crippen LogP contribution is -2.39. The summed E-state index contributed by atoms with van der Waals surface area (Å²) in [7, 11) is 0. The minimum absolute atomic E-state index is 0.0956. The Morgan fingerprint density at radius 2 is 2.15 bits per heavy atom. The molecule has 1 aromatic rings. The van der Waals surface area contributed by atoms with E-state index >= 15 is 0 Å². The van der Waals surface area contributed by atoms with Crippen molar-refractivity contribution < 1.29 is 23.5 Å². The molecule has 2 unspecified atom stereocenters. The standard InChI is InChI=1S/C14H15F2NO3/c1-8(14(19)20)12-4-5-13(18)17(12)7-9-2-3-10(15)11(16)6-9/h2-3,6,8,12H,4-5,7H2,1H3,(H,19,20). The Balaban J connectivity index is 2.18. The first-order valence-corrected chi connectivity index (χ1v) is 6.36. The van der Waals surface area contributed by atoms with Crippen LogP contribution in [0.5, 0.6) is 0 Å². The maximum Gasteiger partial charge on any atom is 0.308 e. The lowest BCUT2D eigenvalue weighted by molar-refractivity contribution is -0.144. The van der Waals surface area contributed by atoms with Crippen LogP contribution < -0.4 is 0 Å². The van der Waals surface area contributed by atoms with Crippen LogP contribution in [0.1, 0.15) is 25.3 Å². The van der Waals surface area contributed by atoms with Gasteiger partial charge in [0.25, 0.3) is 0 Å². The van der Waals surface area contributed by atoms with Gasteiger partial charge in [-0.15, -0.1) is 0 Å². The van der Waals surface area contributed by atoms with Crippen molar-refractivity contribution in [3.63, 3.8) is 0 Å². The Morgan fingerprint density at radius 1 is 1.45 bits per heavy atom. The summed E-state index contributed by atoms with van der Waals surface area (Å²) in [5, 5.41) is 9.05. The third kappa shape index (κ3) is 2.79. The molecule has 108 valence electrons. The van der Waals surface area contributed by atoms with Gasteiger partial charge in [0.2, 0.25) is 5.91 Å². The summed E-state index contributed by atoms with van der Waals surface area (Å²) in [6, 6.07) is 3.02. The van der Waals surface area contributed by atoms with Crippen LogP contribution in [0.2, 0.25) is 0 Å². The molecule has 1 aliphatic heterocycles. The van der Waals surface area contributed by atoms with E-state index in [1.54, 1.807) is 6.92 Å². The zero-order valence-corrected chi connectivity index (χ0v) is 11.0. The van der Waals surface area contributed by atoms with Gasteiger partial charge < -0.3 is 10.0 Å². The maximum atomic E-state index is 13.2. The molecule has 0 aromatic heterocycles. The summed E-state index contributed by atoms with van der Waals surface area (Å²) in [4.78, 5) is 24.3. The molecule has 20 heavy (non-hydrogen) atoms. The van der Waals surface area contributed by atoms with E-state index in [1.165, 1.54) is 11.0 Å². The summed E-state index contributed by atoms with van der Waals surface area (Å²) in [5.41, 5.74) is 0.446. The Kier molecular flexibility index (Phi) is 4.01. The molecule has 2 rings (SSSR count). The van der Waals surface area contributed by atoms with Crippen molar-refractivity contribution >= 4 is 11.9 Å².